The maximum absolute atomic E-state index is 12.6. The van der Waals surface area contributed by atoms with Crippen molar-refractivity contribution >= 4 is 17.2 Å². The Kier molecular flexibility index (Phi) is 3.51. The third-order valence-electron chi connectivity index (χ3n) is 2.38. The molecule has 0 radical (unpaired) electrons. The van der Waals surface area contributed by atoms with E-state index in [9.17, 15) is 4.39 Å². The first-order valence-corrected chi connectivity index (χ1v) is 6.08. The highest BCUT2D eigenvalue weighted by atomic mass is 32.1. The monoisotopic (exact) mass is 236 g/mol. The number of anilines is 1. The van der Waals surface area contributed by atoms with E-state index in [0.717, 1.165) is 13.0 Å². The van der Waals surface area contributed by atoms with Gasteiger partial charge in [0.05, 0.1) is 12.7 Å². The summed E-state index contributed by atoms with van der Waals surface area (Å²) in [6.07, 6.45) is 2.26. The van der Waals surface area contributed by atoms with Crippen molar-refractivity contribution in [3.05, 3.63) is 46.0 Å². The van der Waals surface area contributed by atoms with Crippen molar-refractivity contribution in [1.82, 2.24) is 4.98 Å². The summed E-state index contributed by atoms with van der Waals surface area (Å²) in [5, 5.41) is 5.27. The van der Waals surface area contributed by atoms with Crippen LogP contribution in [-0.2, 0) is 13.0 Å². The molecule has 0 fully saturated rings. The zero-order valence-electron chi connectivity index (χ0n) is 9.03. The average Bonchev–Trinajstić information content (AvgIpc) is 2.76. The molecule has 16 heavy (non-hydrogen) atoms. The summed E-state index contributed by atoms with van der Waals surface area (Å²) in [6, 6.07) is 5.19. The lowest BCUT2D eigenvalue weighted by Gasteiger charge is -2.05. The van der Waals surface area contributed by atoms with Crippen molar-refractivity contribution < 1.29 is 4.39 Å². The minimum Gasteiger partial charge on any atom is -0.365 e. The summed E-state index contributed by atoms with van der Waals surface area (Å²) in [7, 11) is 0. The number of rotatable bonds is 4. The second-order valence-electron chi connectivity index (χ2n) is 3.44. The summed E-state index contributed by atoms with van der Waals surface area (Å²) in [5.41, 5.74) is 1.36. The smallest absolute Gasteiger partial charge is 0.141 e. The molecule has 0 saturated carbocycles. The predicted octanol–water partition coefficient (Wildman–Crippen LogP) is 3.46. The Morgan fingerprint density at radius 2 is 2.25 bits per heavy atom. The molecule has 2 nitrogen and oxygen atoms in total. The predicted molar refractivity (Wildman–Crippen MR) is 65.2 cm³/mol. The quantitative estimate of drug-likeness (QED) is 0.879. The number of hydrogen-bond donors (Lipinski definition) is 1. The Morgan fingerprint density at radius 1 is 1.38 bits per heavy atom. The first kappa shape index (κ1) is 11.1. The molecule has 2 rings (SSSR count). The molecule has 0 aliphatic carbocycles. The van der Waals surface area contributed by atoms with E-state index < -0.39 is 0 Å². The lowest BCUT2D eigenvalue weighted by Crippen LogP contribution is -2.01. The normalized spacial score (nSPS) is 10.4. The van der Waals surface area contributed by atoms with Crippen LogP contribution in [0.3, 0.4) is 0 Å². The highest BCUT2D eigenvalue weighted by molar-refractivity contribution is 7.10. The lowest BCUT2D eigenvalue weighted by atomic mass is 10.2. The first-order valence-electron chi connectivity index (χ1n) is 5.20. The van der Waals surface area contributed by atoms with E-state index in [1.54, 1.807) is 17.4 Å². The summed E-state index contributed by atoms with van der Waals surface area (Å²) in [4.78, 5) is 5.27. The Hall–Kier alpha value is -1.42. The average molecular weight is 236 g/mol. The molecule has 0 unspecified atom stereocenters. The van der Waals surface area contributed by atoms with E-state index in [1.807, 2.05) is 0 Å². The number of nitrogens with one attached hydrogen (secondary N) is 1. The van der Waals surface area contributed by atoms with E-state index in [2.05, 4.69) is 28.7 Å². The molecule has 84 valence electrons. The molecule has 0 aliphatic heterocycles. The van der Waals surface area contributed by atoms with Gasteiger partial charge in [-0.05, 0) is 35.6 Å². The van der Waals surface area contributed by atoms with Gasteiger partial charge < -0.3 is 5.32 Å². The number of nitrogens with zero attached hydrogens (tertiary/aromatic N) is 1. The maximum Gasteiger partial charge on any atom is 0.141 e. The van der Waals surface area contributed by atoms with Gasteiger partial charge in [-0.15, -0.1) is 11.3 Å². The van der Waals surface area contributed by atoms with Gasteiger partial charge in [-0.25, -0.2) is 9.37 Å². The maximum atomic E-state index is 12.6. The van der Waals surface area contributed by atoms with E-state index >= 15 is 0 Å². The van der Waals surface area contributed by atoms with Crippen molar-refractivity contribution in [3.8, 4) is 0 Å². The number of hydrogen-bond acceptors (Lipinski definition) is 3. The van der Waals surface area contributed by atoms with Crippen LogP contribution in [0.15, 0.2) is 29.8 Å². The van der Waals surface area contributed by atoms with Crippen LogP contribution in [0.2, 0.25) is 0 Å². The van der Waals surface area contributed by atoms with Gasteiger partial charge in [0.2, 0.25) is 0 Å². The van der Waals surface area contributed by atoms with Crippen LogP contribution in [0.5, 0.6) is 0 Å². The SMILES string of the molecule is CCc1ccsc1CNc1ccc(F)cn1. The van der Waals surface area contributed by atoms with Gasteiger partial charge in [0, 0.05) is 4.88 Å². The summed E-state index contributed by atoms with van der Waals surface area (Å²) >= 11 is 1.73. The molecular formula is C12H13FN2S. The second-order valence-corrected chi connectivity index (χ2v) is 4.44. The minimum atomic E-state index is -0.309. The Labute approximate surface area is 98.2 Å². The molecule has 0 aliphatic rings. The fraction of sp³-hybridized carbons (Fsp3) is 0.250. The number of aromatic nitrogens is 1. The number of thiophene rings is 1. The molecule has 0 bridgehead atoms. The minimum absolute atomic E-state index is 0.309. The Balaban J connectivity index is 1.99. The number of pyridine rings is 1. The van der Waals surface area contributed by atoms with Crippen LogP contribution >= 0.6 is 11.3 Å². The highest BCUT2D eigenvalue weighted by Gasteiger charge is 2.02. The highest BCUT2D eigenvalue weighted by Crippen LogP contribution is 2.18. The van der Waals surface area contributed by atoms with Crippen LogP contribution in [0, 0.1) is 5.82 Å². The number of aryl methyl sites for hydroxylation is 1. The van der Waals surface area contributed by atoms with Crippen molar-refractivity contribution in [1.29, 1.82) is 0 Å². The van der Waals surface area contributed by atoms with Crippen molar-refractivity contribution in [2.45, 2.75) is 19.9 Å². The van der Waals surface area contributed by atoms with Crippen LogP contribution in [0.1, 0.15) is 17.4 Å². The summed E-state index contributed by atoms with van der Waals surface area (Å²) in [6.45, 7) is 2.89. The van der Waals surface area contributed by atoms with Gasteiger partial charge in [0.15, 0.2) is 0 Å². The van der Waals surface area contributed by atoms with Gasteiger partial charge in [-0.2, -0.15) is 0 Å². The molecule has 0 atom stereocenters. The zero-order chi connectivity index (χ0) is 11.4. The van der Waals surface area contributed by atoms with Gasteiger partial charge in [-0.1, -0.05) is 6.92 Å². The third kappa shape index (κ3) is 2.58. The fourth-order valence-electron chi connectivity index (χ4n) is 1.49. The van der Waals surface area contributed by atoms with Gasteiger partial charge in [0.1, 0.15) is 11.6 Å². The molecule has 0 spiro atoms. The molecule has 2 aromatic rings. The van der Waals surface area contributed by atoms with Crippen molar-refractivity contribution in [2.75, 3.05) is 5.32 Å². The summed E-state index contributed by atoms with van der Waals surface area (Å²) < 4.78 is 12.6. The molecule has 0 aromatic carbocycles. The number of halogens is 1. The zero-order valence-corrected chi connectivity index (χ0v) is 9.85. The molecule has 0 amide bonds. The van der Waals surface area contributed by atoms with Crippen LogP contribution in [0.25, 0.3) is 0 Å². The first-order chi connectivity index (χ1) is 7.79. The van der Waals surface area contributed by atoms with Crippen LogP contribution in [0.4, 0.5) is 10.2 Å². The van der Waals surface area contributed by atoms with E-state index in [1.165, 1.54) is 22.7 Å². The van der Waals surface area contributed by atoms with Crippen molar-refractivity contribution in [2.24, 2.45) is 0 Å². The van der Waals surface area contributed by atoms with Gasteiger partial charge in [-0.3, -0.25) is 0 Å². The molecule has 2 heterocycles. The lowest BCUT2D eigenvalue weighted by molar-refractivity contribution is 0.621. The fourth-order valence-corrected chi connectivity index (χ4v) is 2.40. The molecule has 0 saturated heterocycles. The molecule has 1 N–H and O–H groups in total. The Morgan fingerprint density at radius 3 is 2.94 bits per heavy atom. The standard InChI is InChI=1S/C12H13FN2S/c1-2-9-5-6-16-11(9)8-15-12-4-3-10(13)7-14-12/h3-7H,2,8H2,1H3,(H,14,15). The Bertz CT molecular complexity index is 450. The summed E-state index contributed by atoms with van der Waals surface area (Å²) in [5.74, 6) is 0.396. The molecular weight excluding hydrogens is 223 g/mol. The third-order valence-corrected chi connectivity index (χ3v) is 3.34. The second kappa shape index (κ2) is 5.07. The largest absolute Gasteiger partial charge is 0.365 e. The van der Waals surface area contributed by atoms with Crippen molar-refractivity contribution in [3.63, 3.8) is 0 Å². The van der Waals surface area contributed by atoms with Gasteiger partial charge >= 0.3 is 0 Å². The topological polar surface area (TPSA) is 24.9 Å². The van der Waals surface area contributed by atoms with E-state index in [-0.39, 0.29) is 5.82 Å². The molecule has 2 aromatic heterocycles. The van der Waals surface area contributed by atoms with Gasteiger partial charge in [0.25, 0.3) is 0 Å². The molecule has 4 heteroatoms. The van der Waals surface area contributed by atoms with Crippen LogP contribution in [-0.4, -0.2) is 4.98 Å². The van der Waals surface area contributed by atoms with Crippen LogP contribution < -0.4 is 5.32 Å². The van der Waals surface area contributed by atoms with E-state index in [0.29, 0.717) is 5.82 Å². The van der Waals surface area contributed by atoms with E-state index in [4.69, 9.17) is 0 Å².